The van der Waals surface area contributed by atoms with Gasteiger partial charge in [0.05, 0.1) is 15.9 Å². The van der Waals surface area contributed by atoms with Gasteiger partial charge in [-0.25, -0.2) is 14.4 Å². The standard InChI is InChI=1S/C20H13ClFN7O/c21-13-5-2-6-14-16(13)18-27-17(11-3-1-4-12(22)9-11)28-29(18)20(25-14)26-15-10-23-7-8-24-19(15)30/h1-10,23H,(H,24,30)(H,25,26). The Balaban J connectivity index is 1.73. The van der Waals surface area contributed by atoms with Gasteiger partial charge in [0, 0.05) is 24.2 Å². The lowest BCUT2D eigenvalue weighted by molar-refractivity contribution is -0.116. The number of amides is 1. The number of benzene rings is 2. The zero-order valence-corrected chi connectivity index (χ0v) is 16.0. The van der Waals surface area contributed by atoms with Crippen molar-refractivity contribution in [3.05, 3.63) is 77.6 Å². The smallest absolute Gasteiger partial charge is 0.273 e. The predicted molar refractivity (Wildman–Crippen MR) is 111 cm³/mol. The zero-order valence-electron chi connectivity index (χ0n) is 15.2. The first kappa shape index (κ1) is 18.1. The van der Waals surface area contributed by atoms with Crippen LogP contribution in [0.2, 0.25) is 5.02 Å². The molecule has 5 rings (SSSR count). The largest absolute Gasteiger partial charge is 0.364 e. The van der Waals surface area contributed by atoms with Gasteiger partial charge >= 0.3 is 0 Å². The van der Waals surface area contributed by atoms with Crippen LogP contribution in [-0.2, 0) is 4.79 Å². The van der Waals surface area contributed by atoms with Gasteiger partial charge in [0.1, 0.15) is 11.5 Å². The molecule has 3 heterocycles. The first-order valence-corrected chi connectivity index (χ1v) is 9.28. The summed E-state index contributed by atoms with van der Waals surface area (Å²) in [4.78, 5) is 21.4. The maximum atomic E-state index is 13.7. The van der Waals surface area contributed by atoms with Gasteiger partial charge in [0.15, 0.2) is 11.5 Å². The third-order valence-corrected chi connectivity index (χ3v) is 4.76. The second-order valence-electron chi connectivity index (χ2n) is 6.41. The number of carbonyl (C=O) groups is 1. The number of aromatic nitrogens is 4. The lowest BCUT2D eigenvalue weighted by atomic mass is 10.2. The number of anilines is 1. The van der Waals surface area contributed by atoms with Crippen LogP contribution < -0.4 is 16.0 Å². The van der Waals surface area contributed by atoms with Crippen LogP contribution in [0.25, 0.3) is 27.9 Å². The molecule has 1 aliphatic rings. The minimum Gasteiger partial charge on any atom is -0.364 e. The van der Waals surface area contributed by atoms with Crippen LogP contribution in [0.15, 0.2) is 66.8 Å². The summed E-state index contributed by atoms with van der Waals surface area (Å²) < 4.78 is 15.2. The van der Waals surface area contributed by atoms with Crippen LogP contribution in [0.1, 0.15) is 0 Å². The van der Waals surface area contributed by atoms with E-state index in [1.807, 2.05) is 0 Å². The molecular weight excluding hydrogens is 409 g/mol. The van der Waals surface area contributed by atoms with Crippen molar-refractivity contribution >= 4 is 40.0 Å². The van der Waals surface area contributed by atoms with Crippen molar-refractivity contribution in [2.75, 3.05) is 5.32 Å². The molecule has 0 radical (unpaired) electrons. The van der Waals surface area contributed by atoms with Gasteiger partial charge < -0.3 is 16.0 Å². The number of hydrogen-bond acceptors (Lipinski definition) is 6. The number of hydrogen-bond donors (Lipinski definition) is 3. The van der Waals surface area contributed by atoms with Crippen molar-refractivity contribution in [2.45, 2.75) is 0 Å². The highest BCUT2D eigenvalue weighted by Crippen LogP contribution is 2.29. The number of rotatable bonds is 3. The van der Waals surface area contributed by atoms with Crippen molar-refractivity contribution in [1.82, 2.24) is 30.2 Å². The molecule has 3 N–H and O–H groups in total. The van der Waals surface area contributed by atoms with Crippen LogP contribution in [0.3, 0.4) is 0 Å². The van der Waals surface area contributed by atoms with E-state index in [4.69, 9.17) is 11.6 Å². The average Bonchev–Trinajstić information content (AvgIpc) is 3.08. The molecule has 0 saturated carbocycles. The zero-order chi connectivity index (χ0) is 20.7. The Hall–Kier alpha value is -3.98. The molecule has 1 aliphatic heterocycles. The molecule has 148 valence electrons. The summed E-state index contributed by atoms with van der Waals surface area (Å²) in [6, 6.07) is 11.3. The summed E-state index contributed by atoms with van der Waals surface area (Å²) in [5.41, 5.74) is 1.71. The first-order valence-electron chi connectivity index (χ1n) is 8.90. The van der Waals surface area contributed by atoms with Crippen LogP contribution >= 0.6 is 11.6 Å². The summed E-state index contributed by atoms with van der Waals surface area (Å²) >= 11 is 6.41. The van der Waals surface area contributed by atoms with Gasteiger partial charge in [-0.15, -0.1) is 5.10 Å². The third-order valence-electron chi connectivity index (χ3n) is 4.44. The third kappa shape index (κ3) is 3.11. The number of nitrogens with one attached hydrogen (secondary N) is 3. The summed E-state index contributed by atoms with van der Waals surface area (Å²) in [7, 11) is 0. The SMILES string of the molecule is O=C1NC=CNC=C1Nc1nc2cccc(Cl)c2c2nc(-c3cccc(F)c3)nn12. The Morgan fingerprint density at radius 2 is 1.97 bits per heavy atom. The summed E-state index contributed by atoms with van der Waals surface area (Å²) in [5, 5.41) is 14.0. The quantitative estimate of drug-likeness (QED) is 0.470. The van der Waals surface area contributed by atoms with Gasteiger partial charge in [0.2, 0.25) is 5.95 Å². The fourth-order valence-corrected chi connectivity index (χ4v) is 3.35. The highest BCUT2D eigenvalue weighted by atomic mass is 35.5. The predicted octanol–water partition coefficient (Wildman–Crippen LogP) is 3.18. The fourth-order valence-electron chi connectivity index (χ4n) is 3.09. The number of fused-ring (bicyclic) bond motifs is 3. The van der Waals surface area contributed by atoms with Crippen molar-refractivity contribution in [3.8, 4) is 11.4 Å². The lowest BCUT2D eigenvalue weighted by Crippen LogP contribution is -2.24. The van der Waals surface area contributed by atoms with Crippen molar-refractivity contribution < 1.29 is 9.18 Å². The van der Waals surface area contributed by atoms with Gasteiger partial charge in [-0.2, -0.15) is 4.52 Å². The lowest BCUT2D eigenvalue weighted by Gasteiger charge is -2.11. The molecule has 0 spiro atoms. The van der Waals surface area contributed by atoms with Gasteiger partial charge in [-0.1, -0.05) is 29.8 Å². The maximum Gasteiger partial charge on any atom is 0.273 e. The summed E-state index contributed by atoms with van der Waals surface area (Å²) in [6.07, 6.45) is 4.56. The van der Waals surface area contributed by atoms with E-state index in [1.165, 1.54) is 29.0 Å². The first-order chi connectivity index (χ1) is 14.6. The van der Waals surface area contributed by atoms with E-state index in [1.54, 1.807) is 36.5 Å². The highest BCUT2D eigenvalue weighted by molar-refractivity contribution is 6.36. The fraction of sp³-hybridized carbons (Fsp3) is 0. The Labute approximate surface area is 174 Å². The second-order valence-corrected chi connectivity index (χ2v) is 6.81. The summed E-state index contributed by atoms with van der Waals surface area (Å²) in [6.45, 7) is 0. The summed E-state index contributed by atoms with van der Waals surface area (Å²) in [5.74, 6) is -0.210. The number of nitrogens with zero attached hydrogens (tertiary/aromatic N) is 4. The molecular formula is C20H13ClFN7O. The van der Waals surface area contributed by atoms with Crippen LogP contribution in [-0.4, -0.2) is 25.5 Å². The van der Waals surface area contributed by atoms with Gasteiger partial charge in [-0.3, -0.25) is 4.79 Å². The monoisotopic (exact) mass is 421 g/mol. The molecule has 0 saturated heterocycles. The van der Waals surface area contributed by atoms with Crippen molar-refractivity contribution in [3.63, 3.8) is 0 Å². The van der Waals surface area contributed by atoms with Crippen LogP contribution in [0.4, 0.5) is 10.3 Å². The molecule has 0 fully saturated rings. The number of carbonyl (C=O) groups excluding carboxylic acids is 1. The Kier molecular flexibility index (Phi) is 4.29. The normalized spacial score (nSPS) is 13.7. The van der Waals surface area contributed by atoms with E-state index in [0.717, 1.165) is 0 Å². The molecule has 0 atom stereocenters. The average molecular weight is 422 g/mol. The maximum absolute atomic E-state index is 13.7. The molecule has 0 aliphatic carbocycles. The Morgan fingerprint density at radius 1 is 1.10 bits per heavy atom. The van der Waals surface area contributed by atoms with Crippen molar-refractivity contribution in [1.29, 1.82) is 0 Å². The molecule has 8 nitrogen and oxygen atoms in total. The molecule has 10 heteroatoms. The minimum atomic E-state index is -0.399. The van der Waals surface area contributed by atoms with Gasteiger partial charge in [-0.05, 0) is 24.3 Å². The molecule has 0 unspecified atom stereocenters. The number of halogens is 2. The highest BCUT2D eigenvalue weighted by Gasteiger charge is 2.19. The molecule has 1 amide bonds. The van der Waals surface area contributed by atoms with Crippen molar-refractivity contribution in [2.24, 2.45) is 0 Å². The van der Waals surface area contributed by atoms with E-state index < -0.39 is 5.82 Å². The second kappa shape index (κ2) is 7.12. The topological polar surface area (TPSA) is 96.2 Å². The van der Waals surface area contributed by atoms with Crippen LogP contribution in [0, 0.1) is 5.82 Å². The molecule has 0 bridgehead atoms. The minimum absolute atomic E-state index is 0.220. The van der Waals surface area contributed by atoms with Crippen LogP contribution in [0.5, 0.6) is 0 Å². The van der Waals surface area contributed by atoms with E-state index in [0.29, 0.717) is 33.0 Å². The van der Waals surface area contributed by atoms with E-state index in [9.17, 15) is 9.18 Å². The molecule has 30 heavy (non-hydrogen) atoms. The Bertz CT molecular complexity index is 1380. The molecule has 2 aromatic heterocycles. The van der Waals surface area contributed by atoms with E-state index in [-0.39, 0.29) is 17.6 Å². The van der Waals surface area contributed by atoms with E-state index in [2.05, 4.69) is 31.0 Å². The van der Waals surface area contributed by atoms with Gasteiger partial charge in [0.25, 0.3) is 5.91 Å². The Morgan fingerprint density at radius 3 is 2.83 bits per heavy atom. The van der Waals surface area contributed by atoms with E-state index >= 15 is 0 Å². The molecule has 2 aromatic carbocycles. The molecule has 4 aromatic rings.